The monoisotopic (exact) mass is 382 g/mol. The number of amides is 1. The Balaban J connectivity index is 1.40. The second kappa shape index (κ2) is 10.5. The van der Waals surface area contributed by atoms with Crippen molar-refractivity contribution in [3.63, 3.8) is 0 Å². The molecule has 1 aliphatic heterocycles. The minimum Gasteiger partial charge on any atom is -0.464 e. The molecule has 0 fully saturated rings. The van der Waals surface area contributed by atoms with Gasteiger partial charge in [0.25, 0.3) is 0 Å². The fraction of sp³-hybridized carbons (Fsp3) is 0.542. The van der Waals surface area contributed by atoms with E-state index in [0.29, 0.717) is 13.0 Å². The van der Waals surface area contributed by atoms with Gasteiger partial charge in [-0.1, -0.05) is 50.6 Å². The molecule has 152 valence electrons. The quantitative estimate of drug-likeness (QED) is 0.553. The Morgan fingerprint density at radius 1 is 1.11 bits per heavy atom. The van der Waals surface area contributed by atoms with Gasteiger partial charge in [0.1, 0.15) is 11.5 Å². The Morgan fingerprint density at radius 3 is 2.64 bits per heavy atom. The van der Waals surface area contributed by atoms with Crippen molar-refractivity contribution in [2.75, 3.05) is 19.6 Å². The van der Waals surface area contributed by atoms with Crippen LogP contribution in [0.3, 0.4) is 0 Å². The van der Waals surface area contributed by atoms with Crippen LogP contribution in [-0.2, 0) is 30.7 Å². The fourth-order valence-electron chi connectivity index (χ4n) is 3.94. The Morgan fingerprint density at radius 2 is 1.89 bits per heavy atom. The van der Waals surface area contributed by atoms with Crippen LogP contribution in [0.1, 0.15) is 62.2 Å². The molecule has 0 radical (unpaired) electrons. The molecule has 2 heterocycles. The summed E-state index contributed by atoms with van der Waals surface area (Å²) in [6.45, 7) is 8.75. The Labute approximate surface area is 169 Å². The van der Waals surface area contributed by atoms with E-state index in [2.05, 4.69) is 55.1 Å². The molecule has 1 aromatic heterocycles. The number of rotatable bonds is 10. The van der Waals surface area contributed by atoms with Crippen molar-refractivity contribution in [3.8, 4) is 0 Å². The largest absolute Gasteiger partial charge is 0.464 e. The van der Waals surface area contributed by atoms with E-state index in [4.69, 9.17) is 4.42 Å². The topological polar surface area (TPSA) is 36.7 Å². The highest BCUT2D eigenvalue weighted by molar-refractivity contribution is 5.76. The molecule has 0 atom stereocenters. The molecule has 1 aliphatic rings. The van der Waals surface area contributed by atoms with Crippen molar-refractivity contribution in [2.45, 2.75) is 65.5 Å². The number of hydrogen-bond acceptors (Lipinski definition) is 3. The molecule has 0 saturated carbocycles. The van der Waals surface area contributed by atoms with Crippen molar-refractivity contribution < 1.29 is 9.21 Å². The summed E-state index contributed by atoms with van der Waals surface area (Å²) in [5, 5.41) is 0. The van der Waals surface area contributed by atoms with Gasteiger partial charge in [-0.15, -0.1) is 0 Å². The molecule has 1 amide bonds. The summed E-state index contributed by atoms with van der Waals surface area (Å²) in [7, 11) is 0. The molecule has 2 aromatic rings. The fourth-order valence-corrected chi connectivity index (χ4v) is 3.94. The summed E-state index contributed by atoms with van der Waals surface area (Å²) >= 11 is 0. The van der Waals surface area contributed by atoms with Gasteiger partial charge in [-0.3, -0.25) is 9.69 Å². The molecule has 0 aliphatic carbocycles. The van der Waals surface area contributed by atoms with Crippen LogP contribution in [0.2, 0.25) is 0 Å². The van der Waals surface area contributed by atoms with E-state index < -0.39 is 0 Å². The van der Waals surface area contributed by atoms with Crippen LogP contribution in [0.5, 0.6) is 0 Å². The Hall–Kier alpha value is -2.07. The summed E-state index contributed by atoms with van der Waals surface area (Å²) in [5.74, 6) is 2.40. The van der Waals surface area contributed by atoms with Crippen LogP contribution >= 0.6 is 0 Å². The third-order valence-electron chi connectivity index (χ3n) is 5.74. The number of fused-ring (bicyclic) bond motifs is 1. The summed E-state index contributed by atoms with van der Waals surface area (Å²) in [4.78, 5) is 17.0. The van der Waals surface area contributed by atoms with Crippen molar-refractivity contribution in [2.24, 2.45) is 0 Å². The van der Waals surface area contributed by atoms with Gasteiger partial charge in [0, 0.05) is 31.5 Å². The summed E-state index contributed by atoms with van der Waals surface area (Å²) in [6, 6.07) is 12.7. The summed E-state index contributed by atoms with van der Waals surface area (Å²) in [6.07, 6.45) is 5.85. The second-order valence-corrected chi connectivity index (χ2v) is 7.73. The number of furan rings is 1. The zero-order valence-electron chi connectivity index (χ0n) is 17.5. The summed E-state index contributed by atoms with van der Waals surface area (Å²) in [5.41, 5.74) is 2.59. The normalized spacial score (nSPS) is 13.8. The van der Waals surface area contributed by atoms with Crippen LogP contribution in [0.25, 0.3) is 0 Å². The van der Waals surface area contributed by atoms with E-state index in [1.54, 1.807) is 0 Å². The number of carbonyl (C=O) groups excluding carboxylic acids is 1. The lowest BCUT2D eigenvalue weighted by atomic mass is 10.0. The molecule has 0 saturated heterocycles. The zero-order valence-corrected chi connectivity index (χ0v) is 17.5. The van der Waals surface area contributed by atoms with E-state index in [9.17, 15) is 4.79 Å². The van der Waals surface area contributed by atoms with Gasteiger partial charge in [-0.2, -0.15) is 0 Å². The van der Waals surface area contributed by atoms with E-state index in [1.165, 1.54) is 11.1 Å². The maximum Gasteiger partial charge on any atom is 0.222 e. The second-order valence-electron chi connectivity index (χ2n) is 7.73. The zero-order chi connectivity index (χ0) is 19.8. The molecule has 28 heavy (non-hydrogen) atoms. The van der Waals surface area contributed by atoms with Crippen molar-refractivity contribution in [1.82, 2.24) is 9.80 Å². The van der Waals surface area contributed by atoms with Crippen LogP contribution in [-0.4, -0.2) is 35.3 Å². The molecule has 1 aromatic carbocycles. The Bertz CT molecular complexity index is 734. The highest BCUT2D eigenvalue weighted by Gasteiger charge is 2.24. The maximum atomic E-state index is 12.6. The average molecular weight is 383 g/mol. The number of benzene rings is 1. The first-order chi connectivity index (χ1) is 13.7. The third-order valence-corrected chi connectivity index (χ3v) is 5.74. The van der Waals surface area contributed by atoms with E-state index in [0.717, 1.165) is 69.8 Å². The lowest BCUT2D eigenvalue weighted by Gasteiger charge is -2.26. The highest BCUT2D eigenvalue weighted by atomic mass is 16.3. The molecule has 0 N–H and O–H groups in total. The number of carbonyl (C=O) groups is 1. The van der Waals surface area contributed by atoms with Gasteiger partial charge in [0.15, 0.2) is 0 Å². The number of hydrogen-bond donors (Lipinski definition) is 0. The van der Waals surface area contributed by atoms with Crippen molar-refractivity contribution in [1.29, 1.82) is 0 Å². The van der Waals surface area contributed by atoms with Gasteiger partial charge in [-0.25, -0.2) is 0 Å². The number of unbranched alkanes of at least 4 members (excludes halogenated alkanes) is 2. The van der Waals surface area contributed by atoms with Crippen LogP contribution in [0, 0.1) is 0 Å². The summed E-state index contributed by atoms with van der Waals surface area (Å²) < 4.78 is 6.04. The van der Waals surface area contributed by atoms with Gasteiger partial charge in [-0.05, 0) is 44.0 Å². The standard InChI is InChI=1S/C24H34N2O2/c1-3-25(4-2)19-22-17-21-18-26(16-15-23(21)28-22)24(27)14-10-6-9-13-20-11-7-5-8-12-20/h5,7-8,11-12,17H,3-4,6,9-10,13-16,18-19H2,1-2H3. The SMILES string of the molecule is CCN(CC)Cc1cc2c(o1)CCN(C(=O)CCCCCc1ccccc1)C2. The predicted molar refractivity (Wildman–Crippen MR) is 113 cm³/mol. The third kappa shape index (κ3) is 5.71. The molecule has 0 bridgehead atoms. The highest BCUT2D eigenvalue weighted by Crippen LogP contribution is 2.24. The molecule has 0 unspecified atom stereocenters. The first-order valence-electron chi connectivity index (χ1n) is 10.8. The lowest BCUT2D eigenvalue weighted by molar-refractivity contribution is -0.132. The van der Waals surface area contributed by atoms with Crippen molar-refractivity contribution in [3.05, 3.63) is 59.0 Å². The number of nitrogens with zero attached hydrogens (tertiary/aromatic N) is 2. The minimum atomic E-state index is 0.289. The van der Waals surface area contributed by atoms with E-state index in [-0.39, 0.29) is 5.91 Å². The van der Waals surface area contributed by atoms with Gasteiger partial charge in [0.2, 0.25) is 5.91 Å². The molecule has 4 nitrogen and oxygen atoms in total. The van der Waals surface area contributed by atoms with Crippen LogP contribution < -0.4 is 0 Å². The minimum absolute atomic E-state index is 0.289. The van der Waals surface area contributed by atoms with Gasteiger partial charge >= 0.3 is 0 Å². The molecule has 3 rings (SSSR count). The van der Waals surface area contributed by atoms with E-state index >= 15 is 0 Å². The molecular weight excluding hydrogens is 348 g/mol. The Kier molecular flexibility index (Phi) is 7.72. The maximum absolute atomic E-state index is 12.6. The van der Waals surface area contributed by atoms with E-state index in [1.807, 2.05) is 4.90 Å². The van der Waals surface area contributed by atoms with Crippen LogP contribution in [0.4, 0.5) is 0 Å². The van der Waals surface area contributed by atoms with Crippen LogP contribution in [0.15, 0.2) is 40.8 Å². The molecular formula is C24H34N2O2. The predicted octanol–water partition coefficient (Wildman–Crippen LogP) is 4.81. The smallest absolute Gasteiger partial charge is 0.222 e. The van der Waals surface area contributed by atoms with Gasteiger partial charge < -0.3 is 9.32 Å². The number of aryl methyl sites for hydroxylation is 1. The first-order valence-corrected chi connectivity index (χ1v) is 10.8. The van der Waals surface area contributed by atoms with Crippen molar-refractivity contribution >= 4 is 5.91 Å². The average Bonchev–Trinajstić information content (AvgIpc) is 3.14. The first kappa shape index (κ1) is 20.7. The molecule has 4 heteroatoms. The molecule has 0 spiro atoms. The lowest BCUT2D eigenvalue weighted by Crippen LogP contribution is -2.35. The van der Waals surface area contributed by atoms with Gasteiger partial charge in [0.05, 0.1) is 6.54 Å².